The Balaban J connectivity index is 1.56. The van der Waals surface area contributed by atoms with Gasteiger partial charge in [-0.3, -0.25) is 0 Å². The quantitative estimate of drug-likeness (QED) is 0.311. The smallest absolute Gasteiger partial charge is 0.142 e. The average Bonchev–Trinajstić information content (AvgIpc) is 3.10. The number of nitrogens with zero attached hydrogens (tertiary/aromatic N) is 2. The fourth-order valence-corrected chi connectivity index (χ4v) is 3.86. The number of imidazole rings is 1. The Morgan fingerprint density at radius 2 is 1.66 bits per heavy atom. The minimum atomic E-state index is 0.440. The van der Waals surface area contributed by atoms with Crippen LogP contribution in [0, 0.1) is 0 Å². The molecule has 1 aromatic heterocycles. The number of rotatable bonds is 7. The molecule has 4 aromatic rings. The lowest BCUT2D eigenvalue weighted by Crippen LogP contribution is -2.07. The molecule has 0 aliphatic heterocycles. The summed E-state index contributed by atoms with van der Waals surface area (Å²) in [7, 11) is 0. The molecule has 3 nitrogen and oxygen atoms in total. The number of ether oxygens (including phenoxy) is 1. The minimum Gasteiger partial charge on any atom is -0.493 e. The monoisotopic (exact) mass is 404 g/mol. The van der Waals surface area contributed by atoms with Crippen molar-refractivity contribution < 1.29 is 4.74 Å². The summed E-state index contributed by atoms with van der Waals surface area (Å²) in [5, 5.41) is 0.714. The maximum absolute atomic E-state index is 6.47. The van der Waals surface area contributed by atoms with E-state index in [0.717, 1.165) is 41.1 Å². The molecule has 0 N–H and O–H groups in total. The fraction of sp³-hybridized carbons (Fsp3) is 0.240. The summed E-state index contributed by atoms with van der Waals surface area (Å²) in [6.45, 7) is 5.84. The minimum absolute atomic E-state index is 0.440. The molecule has 4 rings (SSSR count). The Morgan fingerprint density at radius 1 is 0.931 bits per heavy atom. The van der Waals surface area contributed by atoms with Crippen LogP contribution in [-0.2, 0) is 6.54 Å². The highest BCUT2D eigenvalue weighted by atomic mass is 35.5. The molecule has 0 unspecified atom stereocenters. The van der Waals surface area contributed by atoms with E-state index in [1.165, 1.54) is 5.56 Å². The fourth-order valence-electron chi connectivity index (χ4n) is 3.64. The van der Waals surface area contributed by atoms with Crippen molar-refractivity contribution in [3.8, 4) is 17.1 Å². The van der Waals surface area contributed by atoms with Crippen LogP contribution in [0.25, 0.3) is 22.4 Å². The molecule has 3 aromatic carbocycles. The first kappa shape index (κ1) is 19.5. The number of aromatic nitrogens is 2. The van der Waals surface area contributed by atoms with Gasteiger partial charge in [-0.1, -0.05) is 67.9 Å². The van der Waals surface area contributed by atoms with E-state index in [-0.39, 0.29) is 0 Å². The van der Waals surface area contributed by atoms with Crippen LogP contribution in [0.4, 0.5) is 0 Å². The third kappa shape index (κ3) is 4.15. The molecule has 0 radical (unpaired) electrons. The maximum Gasteiger partial charge on any atom is 0.142 e. The van der Waals surface area contributed by atoms with E-state index in [4.69, 9.17) is 21.3 Å². The van der Waals surface area contributed by atoms with Crippen LogP contribution in [0.1, 0.15) is 31.7 Å². The van der Waals surface area contributed by atoms with Crippen molar-refractivity contribution >= 4 is 22.6 Å². The van der Waals surface area contributed by atoms with Crippen molar-refractivity contribution in [2.24, 2.45) is 0 Å². The standard InChI is InChI=1S/C25H25ClN2O/c1-18(2)19-10-4-8-15-24(19)29-17-9-16-28-23-14-7-6-13-22(23)27-25(28)20-11-3-5-12-21(20)26/h3-8,10-15,18H,9,16-17H2,1-2H3. The molecule has 0 bridgehead atoms. The molecule has 0 saturated carbocycles. The number of halogens is 1. The van der Waals surface area contributed by atoms with E-state index in [9.17, 15) is 0 Å². The van der Waals surface area contributed by atoms with Crippen molar-refractivity contribution in [3.63, 3.8) is 0 Å². The van der Waals surface area contributed by atoms with Gasteiger partial charge in [0.1, 0.15) is 11.6 Å². The normalized spacial score (nSPS) is 11.3. The van der Waals surface area contributed by atoms with Crippen LogP contribution in [0.5, 0.6) is 5.75 Å². The predicted octanol–water partition coefficient (Wildman–Crippen LogP) is 6.95. The van der Waals surface area contributed by atoms with Gasteiger partial charge in [-0.2, -0.15) is 0 Å². The van der Waals surface area contributed by atoms with Crippen LogP contribution >= 0.6 is 11.6 Å². The van der Waals surface area contributed by atoms with E-state index in [1.807, 2.05) is 48.5 Å². The number of hydrogen-bond donors (Lipinski definition) is 0. The molecular weight excluding hydrogens is 380 g/mol. The Bertz CT molecular complexity index is 1120. The average molecular weight is 405 g/mol. The number of aryl methyl sites for hydroxylation is 1. The predicted molar refractivity (Wildman–Crippen MR) is 121 cm³/mol. The van der Waals surface area contributed by atoms with Gasteiger partial charge in [0.15, 0.2) is 0 Å². The van der Waals surface area contributed by atoms with Crippen molar-refractivity contribution in [2.45, 2.75) is 32.7 Å². The zero-order valence-corrected chi connectivity index (χ0v) is 17.6. The number of hydrogen-bond acceptors (Lipinski definition) is 2. The molecule has 29 heavy (non-hydrogen) atoms. The summed E-state index contributed by atoms with van der Waals surface area (Å²) in [6, 6.07) is 24.4. The Labute approximate surface area is 176 Å². The second-order valence-corrected chi connectivity index (χ2v) is 7.86. The van der Waals surface area contributed by atoms with Gasteiger partial charge in [-0.15, -0.1) is 0 Å². The lowest BCUT2D eigenvalue weighted by atomic mass is 10.0. The van der Waals surface area contributed by atoms with E-state index in [1.54, 1.807) is 0 Å². The van der Waals surface area contributed by atoms with Gasteiger partial charge in [0.2, 0.25) is 0 Å². The zero-order chi connectivity index (χ0) is 20.2. The molecule has 0 amide bonds. The summed E-state index contributed by atoms with van der Waals surface area (Å²) in [5.41, 5.74) is 4.30. The van der Waals surface area contributed by atoms with Crippen molar-refractivity contribution in [2.75, 3.05) is 6.61 Å². The van der Waals surface area contributed by atoms with Crippen LogP contribution in [0.15, 0.2) is 72.8 Å². The molecule has 1 heterocycles. The molecule has 4 heteroatoms. The lowest BCUT2D eigenvalue weighted by molar-refractivity contribution is 0.299. The topological polar surface area (TPSA) is 27.1 Å². The molecule has 0 fully saturated rings. The van der Waals surface area contributed by atoms with E-state index in [0.29, 0.717) is 17.5 Å². The number of benzene rings is 3. The zero-order valence-electron chi connectivity index (χ0n) is 16.8. The van der Waals surface area contributed by atoms with E-state index < -0.39 is 0 Å². The molecule has 0 aliphatic carbocycles. The molecule has 148 valence electrons. The summed E-state index contributed by atoms with van der Waals surface area (Å²) >= 11 is 6.47. The van der Waals surface area contributed by atoms with Crippen LogP contribution < -0.4 is 4.74 Å². The van der Waals surface area contributed by atoms with Crippen LogP contribution in [-0.4, -0.2) is 16.2 Å². The number of fused-ring (bicyclic) bond motifs is 1. The number of para-hydroxylation sites is 3. The first-order valence-electron chi connectivity index (χ1n) is 10.1. The summed E-state index contributed by atoms with van der Waals surface area (Å²) in [5.74, 6) is 2.32. The van der Waals surface area contributed by atoms with Gasteiger partial charge in [0.05, 0.1) is 22.7 Å². The van der Waals surface area contributed by atoms with Gasteiger partial charge < -0.3 is 9.30 Å². The highest BCUT2D eigenvalue weighted by Crippen LogP contribution is 2.30. The van der Waals surface area contributed by atoms with Crippen molar-refractivity contribution in [3.05, 3.63) is 83.4 Å². The van der Waals surface area contributed by atoms with E-state index >= 15 is 0 Å². The van der Waals surface area contributed by atoms with E-state index in [2.05, 4.69) is 42.7 Å². The van der Waals surface area contributed by atoms with Gasteiger partial charge in [-0.05, 0) is 48.2 Å². The van der Waals surface area contributed by atoms with Crippen LogP contribution in [0.3, 0.4) is 0 Å². The molecular formula is C25H25ClN2O. The highest BCUT2D eigenvalue weighted by Gasteiger charge is 2.14. The lowest BCUT2D eigenvalue weighted by Gasteiger charge is -2.15. The van der Waals surface area contributed by atoms with Crippen molar-refractivity contribution in [1.82, 2.24) is 9.55 Å². The van der Waals surface area contributed by atoms with Gasteiger partial charge in [-0.25, -0.2) is 4.98 Å². The summed E-state index contributed by atoms with van der Waals surface area (Å²) in [4.78, 5) is 4.86. The summed E-state index contributed by atoms with van der Waals surface area (Å²) in [6.07, 6.45) is 0.879. The van der Waals surface area contributed by atoms with Crippen molar-refractivity contribution in [1.29, 1.82) is 0 Å². The Morgan fingerprint density at radius 3 is 2.48 bits per heavy atom. The SMILES string of the molecule is CC(C)c1ccccc1OCCCn1c(-c2ccccc2Cl)nc2ccccc21. The van der Waals surface area contributed by atoms with Crippen LogP contribution in [0.2, 0.25) is 5.02 Å². The third-order valence-corrected chi connectivity index (χ3v) is 5.42. The second-order valence-electron chi connectivity index (χ2n) is 7.45. The third-order valence-electron chi connectivity index (χ3n) is 5.09. The molecule has 0 saturated heterocycles. The second kappa shape index (κ2) is 8.71. The van der Waals surface area contributed by atoms with Gasteiger partial charge >= 0.3 is 0 Å². The van der Waals surface area contributed by atoms with Gasteiger partial charge in [0, 0.05) is 12.1 Å². The largest absolute Gasteiger partial charge is 0.493 e. The maximum atomic E-state index is 6.47. The first-order valence-corrected chi connectivity index (χ1v) is 10.4. The molecule has 0 atom stereocenters. The highest BCUT2D eigenvalue weighted by molar-refractivity contribution is 6.33. The molecule has 0 aliphatic rings. The summed E-state index contributed by atoms with van der Waals surface area (Å²) < 4.78 is 8.36. The van der Waals surface area contributed by atoms with Gasteiger partial charge in [0.25, 0.3) is 0 Å². The Kier molecular flexibility index (Phi) is 5.86. The first-order chi connectivity index (χ1) is 14.1. The Hall–Kier alpha value is -2.78. The molecule has 0 spiro atoms.